The molecule has 0 saturated carbocycles. The SMILES string of the molecule is CCC(=O)c1snc(C)c1CN1CCCC1. The van der Waals surface area contributed by atoms with Gasteiger partial charge in [0, 0.05) is 18.5 Å². The van der Waals surface area contributed by atoms with Crippen molar-refractivity contribution in [2.24, 2.45) is 0 Å². The van der Waals surface area contributed by atoms with Crippen molar-refractivity contribution >= 4 is 17.3 Å². The summed E-state index contributed by atoms with van der Waals surface area (Å²) in [7, 11) is 0. The molecule has 2 heterocycles. The Morgan fingerprint density at radius 2 is 2.12 bits per heavy atom. The number of rotatable bonds is 4. The van der Waals surface area contributed by atoms with Gasteiger partial charge in [0.2, 0.25) is 0 Å². The molecule has 0 aromatic carbocycles. The summed E-state index contributed by atoms with van der Waals surface area (Å²) < 4.78 is 4.32. The molecule has 1 aromatic rings. The van der Waals surface area contributed by atoms with Crippen LogP contribution < -0.4 is 0 Å². The van der Waals surface area contributed by atoms with E-state index < -0.39 is 0 Å². The molecule has 0 amide bonds. The van der Waals surface area contributed by atoms with E-state index in [1.165, 1.54) is 29.9 Å². The lowest BCUT2D eigenvalue weighted by atomic mass is 10.1. The highest BCUT2D eigenvalue weighted by molar-refractivity contribution is 7.08. The van der Waals surface area contributed by atoms with Crippen molar-refractivity contribution in [2.75, 3.05) is 13.1 Å². The fraction of sp³-hybridized carbons (Fsp3) is 0.667. The largest absolute Gasteiger partial charge is 0.299 e. The Morgan fingerprint density at radius 1 is 1.44 bits per heavy atom. The first kappa shape index (κ1) is 11.7. The topological polar surface area (TPSA) is 33.2 Å². The summed E-state index contributed by atoms with van der Waals surface area (Å²) in [4.78, 5) is 15.1. The molecule has 4 heteroatoms. The highest BCUT2D eigenvalue weighted by atomic mass is 32.1. The second kappa shape index (κ2) is 5.06. The van der Waals surface area contributed by atoms with Gasteiger partial charge in [-0.1, -0.05) is 6.92 Å². The monoisotopic (exact) mass is 238 g/mol. The zero-order valence-corrected chi connectivity index (χ0v) is 10.8. The molecule has 1 fully saturated rings. The van der Waals surface area contributed by atoms with E-state index in [9.17, 15) is 4.79 Å². The van der Waals surface area contributed by atoms with Gasteiger partial charge in [-0.25, -0.2) is 0 Å². The molecule has 3 nitrogen and oxygen atoms in total. The van der Waals surface area contributed by atoms with Gasteiger partial charge < -0.3 is 0 Å². The van der Waals surface area contributed by atoms with Crippen LogP contribution in [0.15, 0.2) is 0 Å². The van der Waals surface area contributed by atoms with Gasteiger partial charge >= 0.3 is 0 Å². The Morgan fingerprint density at radius 3 is 2.75 bits per heavy atom. The lowest BCUT2D eigenvalue weighted by Crippen LogP contribution is -2.19. The van der Waals surface area contributed by atoms with Crippen LogP contribution in [-0.4, -0.2) is 28.1 Å². The quantitative estimate of drug-likeness (QED) is 0.756. The lowest BCUT2D eigenvalue weighted by Gasteiger charge is -2.14. The van der Waals surface area contributed by atoms with E-state index in [0.717, 1.165) is 30.2 Å². The maximum absolute atomic E-state index is 11.8. The number of aromatic nitrogens is 1. The number of carbonyl (C=O) groups is 1. The summed E-state index contributed by atoms with van der Waals surface area (Å²) in [6.07, 6.45) is 3.15. The predicted molar refractivity (Wildman–Crippen MR) is 66.0 cm³/mol. The number of aryl methyl sites for hydroxylation is 1. The van der Waals surface area contributed by atoms with Gasteiger partial charge in [0.1, 0.15) is 0 Å². The summed E-state index contributed by atoms with van der Waals surface area (Å²) in [5.41, 5.74) is 2.20. The third kappa shape index (κ3) is 2.33. The van der Waals surface area contributed by atoms with E-state index in [-0.39, 0.29) is 5.78 Å². The predicted octanol–water partition coefficient (Wildman–Crippen LogP) is 2.64. The molecule has 88 valence electrons. The maximum Gasteiger partial charge on any atom is 0.174 e. The molecular formula is C12H18N2OS. The van der Waals surface area contributed by atoms with E-state index in [4.69, 9.17) is 0 Å². The molecule has 0 atom stereocenters. The Bertz CT molecular complexity index is 380. The number of ketones is 1. The summed E-state index contributed by atoms with van der Waals surface area (Å²) in [5.74, 6) is 0.236. The Balaban J connectivity index is 2.17. The molecule has 0 spiro atoms. The van der Waals surface area contributed by atoms with Gasteiger partial charge in [0.15, 0.2) is 5.78 Å². The van der Waals surface area contributed by atoms with Crippen LogP contribution in [0.25, 0.3) is 0 Å². The van der Waals surface area contributed by atoms with E-state index in [1.54, 1.807) is 0 Å². The second-order valence-corrected chi connectivity index (χ2v) is 5.11. The van der Waals surface area contributed by atoms with Crippen LogP contribution in [0.4, 0.5) is 0 Å². The fourth-order valence-electron chi connectivity index (χ4n) is 2.12. The van der Waals surface area contributed by atoms with E-state index in [0.29, 0.717) is 6.42 Å². The lowest BCUT2D eigenvalue weighted by molar-refractivity contribution is 0.0990. The normalized spacial score (nSPS) is 16.9. The van der Waals surface area contributed by atoms with Crippen LogP contribution in [-0.2, 0) is 6.54 Å². The van der Waals surface area contributed by atoms with Crippen molar-refractivity contribution in [2.45, 2.75) is 39.7 Å². The molecule has 16 heavy (non-hydrogen) atoms. The molecule has 1 aliphatic heterocycles. The van der Waals surface area contributed by atoms with Gasteiger partial charge in [0.25, 0.3) is 0 Å². The molecule has 0 N–H and O–H groups in total. The van der Waals surface area contributed by atoms with E-state index >= 15 is 0 Å². The van der Waals surface area contributed by atoms with E-state index in [2.05, 4.69) is 9.27 Å². The van der Waals surface area contributed by atoms with Gasteiger partial charge in [-0.2, -0.15) is 4.37 Å². The number of Topliss-reactive ketones (excluding diaryl/α,β-unsaturated/α-hetero) is 1. The zero-order chi connectivity index (χ0) is 11.5. The third-order valence-electron chi connectivity index (χ3n) is 3.14. The molecule has 0 radical (unpaired) electrons. The standard InChI is InChI=1S/C12H18N2OS/c1-3-11(15)12-10(9(2)13-16-12)8-14-6-4-5-7-14/h3-8H2,1-2H3. The summed E-state index contributed by atoms with van der Waals surface area (Å²) >= 11 is 1.37. The summed E-state index contributed by atoms with van der Waals surface area (Å²) in [6, 6.07) is 0. The number of hydrogen-bond acceptors (Lipinski definition) is 4. The van der Waals surface area contributed by atoms with Crippen molar-refractivity contribution < 1.29 is 4.79 Å². The minimum atomic E-state index is 0.236. The molecule has 0 bridgehead atoms. The van der Waals surface area contributed by atoms with Gasteiger partial charge in [-0.05, 0) is 44.4 Å². The van der Waals surface area contributed by atoms with Gasteiger partial charge in [-0.15, -0.1) is 0 Å². The number of likely N-dealkylation sites (tertiary alicyclic amines) is 1. The van der Waals surface area contributed by atoms with Crippen molar-refractivity contribution in [3.8, 4) is 0 Å². The van der Waals surface area contributed by atoms with Gasteiger partial charge in [-0.3, -0.25) is 9.69 Å². The molecule has 0 unspecified atom stereocenters. The molecular weight excluding hydrogens is 220 g/mol. The minimum Gasteiger partial charge on any atom is -0.299 e. The highest BCUT2D eigenvalue weighted by Gasteiger charge is 2.20. The molecule has 1 aliphatic rings. The van der Waals surface area contributed by atoms with Crippen molar-refractivity contribution in [1.82, 2.24) is 9.27 Å². The molecule has 1 saturated heterocycles. The van der Waals surface area contributed by atoms with Crippen molar-refractivity contribution in [3.63, 3.8) is 0 Å². The molecule has 1 aromatic heterocycles. The first-order chi connectivity index (χ1) is 7.72. The van der Waals surface area contributed by atoms with Gasteiger partial charge in [0.05, 0.1) is 10.6 Å². The minimum absolute atomic E-state index is 0.236. The van der Waals surface area contributed by atoms with Crippen molar-refractivity contribution in [1.29, 1.82) is 0 Å². The zero-order valence-electron chi connectivity index (χ0n) is 9.95. The van der Waals surface area contributed by atoms with Crippen LogP contribution in [0.5, 0.6) is 0 Å². The average molecular weight is 238 g/mol. The van der Waals surface area contributed by atoms with Crippen LogP contribution in [0, 0.1) is 6.92 Å². The third-order valence-corrected chi connectivity index (χ3v) is 4.16. The Labute approximate surface area is 101 Å². The second-order valence-electron chi connectivity index (χ2n) is 4.34. The molecule has 2 rings (SSSR count). The summed E-state index contributed by atoms with van der Waals surface area (Å²) in [6.45, 7) is 7.15. The van der Waals surface area contributed by atoms with E-state index in [1.807, 2.05) is 13.8 Å². The highest BCUT2D eigenvalue weighted by Crippen LogP contribution is 2.23. The van der Waals surface area contributed by atoms with Crippen LogP contribution >= 0.6 is 11.5 Å². The first-order valence-corrected chi connectivity index (χ1v) is 6.70. The Kier molecular flexibility index (Phi) is 3.71. The number of hydrogen-bond donors (Lipinski definition) is 0. The average Bonchev–Trinajstić information content (AvgIpc) is 2.90. The fourth-order valence-corrected chi connectivity index (χ4v) is 3.03. The summed E-state index contributed by atoms with van der Waals surface area (Å²) in [5, 5.41) is 0. The Hall–Kier alpha value is -0.740. The number of nitrogens with zero attached hydrogens (tertiary/aromatic N) is 2. The maximum atomic E-state index is 11.8. The van der Waals surface area contributed by atoms with Crippen molar-refractivity contribution in [3.05, 3.63) is 16.1 Å². The molecule has 0 aliphatic carbocycles. The number of carbonyl (C=O) groups excluding carboxylic acids is 1. The van der Waals surface area contributed by atoms with Crippen LogP contribution in [0.1, 0.15) is 47.1 Å². The smallest absolute Gasteiger partial charge is 0.174 e. The first-order valence-electron chi connectivity index (χ1n) is 5.93. The van der Waals surface area contributed by atoms with Crippen LogP contribution in [0.2, 0.25) is 0 Å². The van der Waals surface area contributed by atoms with Crippen LogP contribution in [0.3, 0.4) is 0 Å².